The van der Waals surface area contributed by atoms with Crippen molar-refractivity contribution in [3.8, 4) is 0 Å². The van der Waals surface area contributed by atoms with E-state index < -0.39 is 0 Å². The van der Waals surface area contributed by atoms with E-state index in [1.807, 2.05) is 0 Å². The van der Waals surface area contributed by atoms with E-state index in [0.717, 1.165) is 0 Å². The summed E-state index contributed by atoms with van der Waals surface area (Å²) in [4.78, 5) is 26.2. The van der Waals surface area contributed by atoms with Crippen molar-refractivity contribution >= 4 is 23.3 Å². The van der Waals surface area contributed by atoms with Crippen LogP contribution in [0.4, 0.5) is 11.5 Å². The van der Waals surface area contributed by atoms with Crippen LogP contribution >= 0.6 is 0 Å². The third-order valence-corrected chi connectivity index (χ3v) is 1.96. The molecule has 1 rings (SSSR count). The molecule has 5 heteroatoms. The molecule has 1 aromatic heterocycles. The van der Waals surface area contributed by atoms with Gasteiger partial charge in [0.15, 0.2) is 0 Å². The molecule has 0 aromatic carbocycles. The summed E-state index contributed by atoms with van der Waals surface area (Å²) < 4.78 is 0. The Labute approximate surface area is 94.3 Å². The summed E-state index contributed by atoms with van der Waals surface area (Å²) in [6.45, 7) is 3.55. The number of nitrogens with zero attached hydrogens (tertiary/aromatic N) is 1. The van der Waals surface area contributed by atoms with Gasteiger partial charge < -0.3 is 10.6 Å². The molecule has 0 aliphatic heterocycles. The summed E-state index contributed by atoms with van der Waals surface area (Å²) >= 11 is 0. The maximum Gasteiger partial charge on any atom is 0.225 e. The maximum atomic E-state index is 11.1. The first-order chi connectivity index (χ1) is 7.65. The summed E-state index contributed by atoms with van der Waals surface area (Å²) in [6, 6.07) is 3.35. The van der Waals surface area contributed by atoms with Crippen LogP contribution in [0.1, 0.15) is 26.7 Å². The van der Waals surface area contributed by atoms with Crippen LogP contribution in [0.2, 0.25) is 0 Å². The predicted octanol–water partition coefficient (Wildman–Crippen LogP) is 1.78. The van der Waals surface area contributed by atoms with Gasteiger partial charge in [-0.1, -0.05) is 13.8 Å². The van der Waals surface area contributed by atoms with E-state index in [4.69, 9.17) is 0 Å². The Kier molecular flexibility index (Phi) is 4.44. The third-order valence-electron chi connectivity index (χ3n) is 1.96. The Morgan fingerprint density at radius 1 is 1.12 bits per heavy atom. The van der Waals surface area contributed by atoms with Crippen LogP contribution in [0.15, 0.2) is 18.3 Å². The Morgan fingerprint density at radius 2 is 1.75 bits per heavy atom. The minimum absolute atomic E-state index is 0.0628. The van der Waals surface area contributed by atoms with Crippen molar-refractivity contribution in [1.29, 1.82) is 0 Å². The first-order valence-corrected chi connectivity index (χ1v) is 5.21. The first-order valence-electron chi connectivity index (χ1n) is 5.21. The topological polar surface area (TPSA) is 71.1 Å². The minimum atomic E-state index is -0.0853. The summed E-state index contributed by atoms with van der Waals surface area (Å²) in [6.07, 6.45) is 2.35. The maximum absolute atomic E-state index is 11.1. The Balaban J connectivity index is 2.60. The number of anilines is 2. The molecule has 0 fully saturated rings. The fraction of sp³-hybridized carbons (Fsp3) is 0.364. The van der Waals surface area contributed by atoms with Gasteiger partial charge in [0, 0.05) is 12.8 Å². The van der Waals surface area contributed by atoms with Crippen molar-refractivity contribution in [1.82, 2.24) is 4.98 Å². The number of amides is 2. The van der Waals surface area contributed by atoms with Crippen LogP contribution in [0.3, 0.4) is 0 Å². The van der Waals surface area contributed by atoms with Crippen LogP contribution in [-0.2, 0) is 9.59 Å². The lowest BCUT2D eigenvalue weighted by molar-refractivity contribution is -0.116. The zero-order chi connectivity index (χ0) is 12.0. The molecule has 86 valence electrons. The van der Waals surface area contributed by atoms with Gasteiger partial charge in [0.1, 0.15) is 5.82 Å². The van der Waals surface area contributed by atoms with E-state index in [0.29, 0.717) is 24.3 Å². The van der Waals surface area contributed by atoms with Gasteiger partial charge in [-0.05, 0) is 12.1 Å². The molecule has 2 N–H and O–H groups in total. The fourth-order valence-electron chi connectivity index (χ4n) is 1.02. The lowest BCUT2D eigenvalue weighted by Gasteiger charge is -2.05. The summed E-state index contributed by atoms with van der Waals surface area (Å²) in [7, 11) is 0. The number of carbonyl (C=O) groups excluding carboxylic acids is 2. The average molecular weight is 221 g/mol. The van der Waals surface area contributed by atoms with Gasteiger partial charge in [0.2, 0.25) is 11.8 Å². The molecule has 0 atom stereocenters. The van der Waals surface area contributed by atoms with Gasteiger partial charge in [-0.2, -0.15) is 0 Å². The molecule has 1 aromatic rings. The second kappa shape index (κ2) is 5.85. The highest BCUT2D eigenvalue weighted by Crippen LogP contribution is 2.10. The molecule has 0 aliphatic rings. The SMILES string of the molecule is CCC(=O)Nc1ccc(NC(=O)CC)nc1. The first kappa shape index (κ1) is 12.2. The van der Waals surface area contributed by atoms with Gasteiger partial charge in [-0.3, -0.25) is 9.59 Å². The smallest absolute Gasteiger partial charge is 0.225 e. The van der Waals surface area contributed by atoms with E-state index in [-0.39, 0.29) is 11.8 Å². The van der Waals surface area contributed by atoms with Crippen molar-refractivity contribution in [3.63, 3.8) is 0 Å². The largest absolute Gasteiger partial charge is 0.325 e. The highest BCUT2D eigenvalue weighted by atomic mass is 16.2. The zero-order valence-electron chi connectivity index (χ0n) is 9.41. The number of carbonyl (C=O) groups is 2. The Morgan fingerprint density at radius 3 is 2.25 bits per heavy atom. The van der Waals surface area contributed by atoms with E-state index in [1.54, 1.807) is 26.0 Å². The van der Waals surface area contributed by atoms with Crippen LogP contribution in [-0.4, -0.2) is 16.8 Å². The highest BCUT2D eigenvalue weighted by Gasteiger charge is 2.01. The zero-order valence-corrected chi connectivity index (χ0v) is 9.41. The number of rotatable bonds is 4. The number of hydrogen-bond donors (Lipinski definition) is 2. The Hall–Kier alpha value is -1.91. The van der Waals surface area contributed by atoms with Crippen molar-refractivity contribution in [2.24, 2.45) is 0 Å². The molecule has 2 amide bonds. The van der Waals surface area contributed by atoms with Crippen LogP contribution in [0, 0.1) is 0 Å². The van der Waals surface area contributed by atoms with Crippen molar-refractivity contribution in [2.75, 3.05) is 10.6 Å². The predicted molar refractivity (Wildman–Crippen MR) is 62.1 cm³/mol. The van der Waals surface area contributed by atoms with E-state index >= 15 is 0 Å². The fourth-order valence-corrected chi connectivity index (χ4v) is 1.02. The molecule has 0 spiro atoms. The minimum Gasteiger partial charge on any atom is -0.325 e. The summed E-state index contributed by atoms with van der Waals surface area (Å²) in [5, 5.41) is 5.30. The molecular formula is C11H15N3O2. The van der Waals surface area contributed by atoms with Crippen molar-refractivity contribution in [2.45, 2.75) is 26.7 Å². The standard InChI is InChI=1S/C11H15N3O2/c1-3-10(15)13-8-5-6-9(12-7-8)14-11(16)4-2/h5-7H,3-4H2,1-2H3,(H,13,15)(H,12,14,16). The van der Waals surface area contributed by atoms with Crippen LogP contribution < -0.4 is 10.6 Å². The molecule has 5 nitrogen and oxygen atoms in total. The number of aromatic nitrogens is 1. The Bertz CT molecular complexity index is 336. The van der Waals surface area contributed by atoms with Crippen molar-refractivity contribution in [3.05, 3.63) is 18.3 Å². The second-order valence-corrected chi connectivity index (χ2v) is 3.24. The van der Waals surface area contributed by atoms with Gasteiger partial charge in [-0.15, -0.1) is 0 Å². The third kappa shape index (κ3) is 3.68. The van der Waals surface area contributed by atoms with E-state index in [1.165, 1.54) is 6.20 Å². The number of pyridine rings is 1. The summed E-state index contributed by atoms with van der Waals surface area (Å²) in [5.74, 6) is 0.339. The van der Waals surface area contributed by atoms with Crippen molar-refractivity contribution < 1.29 is 9.59 Å². The van der Waals surface area contributed by atoms with Gasteiger partial charge in [0.05, 0.1) is 11.9 Å². The molecule has 0 radical (unpaired) electrons. The molecule has 0 saturated carbocycles. The van der Waals surface area contributed by atoms with Gasteiger partial charge in [0.25, 0.3) is 0 Å². The molecule has 0 aliphatic carbocycles. The number of nitrogens with one attached hydrogen (secondary N) is 2. The van der Waals surface area contributed by atoms with Gasteiger partial charge in [-0.25, -0.2) is 4.98 Å². The molecule has 0 unspecified atom stereocenters. The molecular weight excluding hydrogens is 206 g/mol. The highest BCUT2D eigenvalue weighted by molar-refractivity contribution is 5.91. The molecule has 16 heavy (non-hydrogen) atoms. The van der Waals surface area contributed by atoms with E-state index in [2.05, 4.69) is 15.6 Å². The van der Waals surface area contributed by atoms with Gasteiger partial charge >= 0.3 is 0 Å². The molecule has 1 heterocycles. The quantitative estimate of drug-likeness (QED) is 0.814. The summed E-state index contributed by atoms with van der Waals surface area (Å²) in [5.41, 5.74) is 0.626. The van der Waals surface area contributed by atoms with Crippen LogP contribution in [0.5, 0.6) is 0 Å². The monoisotopic (exact) mass is 221 g/mol. The lowest BCUT2D eigenvalue weighted by Crippen LogP contribution is -2.12. The average Bonchev–Trinajstić information content (AvgIpc) is 2.31. The number of hydrogen-bond acceptors (Lipinski definition) is 3. The molecule has 0 saturated heterocycles. The second-order valence-electron chi connectivity index (χ2n) is 3.24. The molecule has 0 bridgehead atoms. The van der Waals surface area contributed by atoms with E-state index in [9.17, 15) is 9.59 Å². The normalized spacial score (nSPS) is 9.62. The lowest BCUT2D eigenvalue weighted by atomic mass is 10.3. The van der Waals surface area contributed by atoms with Crippen LogP contribution in [0.25, 0.3) is 0 Å².